The van der Waals surface area contributed by atoms with E-state index in [0.717, 1.165) is 9.37 Å². The van der Waals surface area contributed by atoms with Crippen LogP contribution in [-0.4, -0.2) is 20.6 Å². The smallest absolute Gasteiger partial charge is 0.106 e. The van der Waals surface area contributed by atoms with Gasteiger partial charge in [-0.25, -0.2) is 0 Å². The van der Waals surface area contributed by atoms with Crippen LogP contribution in [0.3, 0.4) is 0 Å². The van der Waals surface area contributed by atoms with Crippen molar-refractivity contribution in [1.82, 2.24) is 9.78 Å². The van der Waals surface area contributed by atoms with Gasteiger partial charge in [-0.2, -0.15) is 5.10 Å². The number of hydrogen-bond acceptors (Lipinski definition) is 3. The van der Waals surface area contributed by atoms with Crippen molar-refractivity contribution in [3.63, 3.8) is 0 Å². The van der Waals surface area contributed by atoms with Gasteiger partial charge in [-0.3, -0.25) is 4.68 Å². The van der Waals surface area contributed by atoms with E-state index in [4.69, 9.17) is 11.6 Å². The van der Waals surface area contributed by atoms with Crippen LogP contribution in [0.5, 0.6) is 0 Å². The van der Waals surface area contributed by atoms with E-state index in [1.165, 1.54) is 0 Å². The number of nitrogens with zero attached hydrogens (tertiary/aromatic N) is 2. The van der Waals surface area contributed by atoms with Crippen LogP contribution in [-0.2, 0) is 6.54 Å². The molecule has 1 atom stereocenters. The molecular formula is C13H14BrClN2OS. The van der Waals surface area contributed by atoms with Crippen molar-refractivity contribution in [3.05, 3.63) is 45.7 Å². The van der Waals surface area contributed by atoms with Crippen LogP contribution in [0.2, 0.25) is 5.02 Å². The summed E-state index contributed by atoms with van der Waals surface area (Å²) in [5.74, 6) is 0.544. The number of hydrogen-bond donors (Lipinski definition) is 1. The van der Waals surface area contributed by atoms with Gasteiger partial charge in [0.1, 0.15) is 6.10 Å². The first-order valence-electron chi connectivity index (χ1n) is 5.89. The molecule has 0 radical (unpaired) electrons. The van der Waals surface area contributed by atoms with Crippen molar-refractivity contribution < 1.29 is 5.11 Å². The maximum Gasteiger partial charge on any atom is 0.106 e. The summed E-state index contributed by atoms with van der Waals surface area (Å²) in [5.41, 5.74) is 0.687. The Morgan fingerprint density at radius 2 is 2.32 bits per heavy atom. The zero-order valence-corrected chi connectivity index (χ0v) is 13.5. The van der Waals surface area contributed by atoms with E-state index < -0.39 is 6.10 Å². The van der Waals surface area contributed by atoms with Gasteiger partial charge in [0.2, 0.25) is 0 Å². The molecule has 2 aromatic rings. The second-order valence-corrected chi connectivity index (χ2v) is 6.39. The Labute approximate surface area is 130 Å². The number of aryl methyl sites for hydroxylation is 1. The maximum absolute atomic E-state index is 10.3. The van der Waals surface area contributed by atoms with Crippen LogP contribution in [0.15, 0.2) is 39.8 Å². The number of aliphatic hydroxyl groups is 1. The lowest BCUT2D eigenvalue weighted by Crippen LogP contribution is -2.10. The minimum Gasteiger partial charge on any atom is -0.386 e. The molecule has 0 fully saturated rings. The van der Waals surface area contributed by atoms with Crippen LogP contribution >= 0.6 is 39.3 Å². The van der Waals surface area contributed by atoms with Gasteiger partial charge in [0.05, 0.1) is 16.9 Å². The highest BCUT2D eigenvalue weighted by Gasteiger charge is 2.17. The largest absolute Gasteiger partial charge is 0.386 e. The molecule has 0 amide bonds. The van der Waals surface area contributed by atoms with E-state index in [1.807, 2.05) is 31.2 Å². The first kappa shape index (κ1) is 14.9. The van der Waals surface area contributed by atoms with Crippen molar-refractivity contribution >= 4 is 39.3 Å². The molecule has 1 heterocycles. The molecule has 0 aliphatic heterocycles. The molecule has 1 aromatic carbocycles. The summed E-state index contributed by atoms with van der Waals surface area (Å²) in [6.45, 7) is 2.67. The van der Waals surface area contributed by atoms with Crippen LogP contribution in [0.4, 0.5) is 0 Å². The fraction of sp³-hybridized carbons (Fsp3) is 0.308. The van der Waals surface area contributed by atoms with E-state index >= 15 is 0 Å². The maximum atomic E-state index is 10.3. The minimum absolute atomic E-state index is 0.518. The Kier molecular flexibility index (Phi) is 5.33. The number of thioether (sulfide) groups is 1. The van der Waals surface area contributed by atoms with Gasteiger partial charge in [-0.05, 0) is 25.1 Å². The molecule has 0 aliphatic rings. The molecule has 1 aromatic heterocycles. The molecule has 0 spiro atoms. The van der Waals surface area contributed by atoms with Crippen molar-refractivity contribution in [2.45, 2.75) is 24.5 Å². The molecule has 0 saturated carbocycles. The number of rotatable bonds is 5. The van der Waals surface area contributed by atoms with Crippen LogP contribution < -0.4 is 0 Å². The molecule has 1 unspecified atom stereocenters. The third-order valence-corrected chi connectivity index (χ3v) is 4.51. The summed E-state index contributed by atoms with van der Waals surface area (Å²) in [7, 11) is 0. The molecule has 0 aliphatic carbocycles. The molecule has 1 N–H and O–H groups in total. The number of halogens is 2. The topological polar surface area (TPSA) is 38.0 Å². The second kappa shape index (κ2) is 6.79. The van der Waals surface area contributed by atoms with Gasteiger partial charge in [0, 0.05) is 21.7 Å². The van der Waals surface area contributed by atoms with Gasteiger partial charge in [-0.15, -0.1) is 11.8 Å². The van der Waals surface area contributed by atoms with E-state index in [2.05, 4.69) is 21.0 Å². The van der Waals surface area contributed by atoms with E-state index in [1.54, 1.807) is 22.6 Å². The highest BCUT2D eigenvalue weighted by Crippen LogP contribution is 2.29. The third-order valence-electron chi connectivity index (χ3n) is 2.65. The molecule has 6 heteroatoms. The second-order valence-electron chi connectivity index (χ2n) is 3.98. The first-order valence-corrected chi connectivity index (χ1v) is 8.05. The Morgan fingerprint density at radius 3 is 3.00 bits per heavy atom. The minimum atomic E-state index is -0.626. The highest BCUT2D eigenvalue weighted by molar-refractivity contribution is 9.10. The summed E-state index contributed by atoms with van der Waals surface area (Å²) in [4.78, 5) is 1.10. The van der Waals surface area contributed by atoms with Gasteiger partial charge >= 0.3 is 0 Å². The lowest BCUT2D eigenvalue weighted by atomic mass is 10.3. The average molecular weight is 362 g/mol. The highest BCUT2D eigenvalue weighted by atomic mass is 79.9. The Hall–Kier alpha value is -0.490. The molecule has 102 valence electrons. The Morgan fingerprint density at radius 1 is 1.53 bits per heavy atom. The number of benzene rings is 1. The van der Waals surface area contributed by atoms with E-state index in [0.29, 0.717) is 23.0 Å². The SMILES string of the molecule is CCn1ncc(Cl)c1C(O)CSc1cccc(Br)c1. The van der Waals surface area contributed by atoms with Crippen LogP contribution in [0.1, 0.15) is 18.7 Å². The molecule has 2 rings (SSSR count). The summed E-state index contributed by atoms with van der Waals surface area (Å²) in [6.07, 6.45) is 0.951. The van der Waals surface area contributed by atoms with Gasteiger partial charge in [0.25, 0.3) is 0 Å². The zero-order chi connectivity index (χ0) is 13.8. The molecular weight excluding hydrogens is 348 g/mol. The van der Waals surface area contributed by atoms with Crippen molar-refractivity contribution in [2.24, 2.45) is 0 Å². The summed E-state index contributed by atoms with van der Waals surface area (Å²) < 4.78 is 2.76. The average Bonchev–Trinajstić information content (AvgIpc) is 2.77. The molecule has 0 saturated heterocycles. The summed E-state index contributed by atoms with van der Waals surface area (Å²) in [5, 5.41) is 14.9. The Bertz CT molecular complexity index is 561. The lowest BCUT2D eigenvalue weighted by Gasteiger charge is -2.13. The summed E-state index contributed by atoms with van der Waals surface area (Å²) in [6, 6.07) is 7.99. The van der Waals surface area contributed by atoms with E-state index in [-0.39, 0.29) is 0 Å². The van der Waals surface area contributed by atoms with Crippen LogP contribution in [0.25, 0.3) is 0 Å². The van der Waals surface area contributed by atoms with Crippen LogP contribution in [0, 0.1) is 0 Å². The van der Waals surface area contributed by atoms with Gasteiger partial charge in [-0.1, -0.05) is 33.6 Å². The monoisotopic (exact) mass is 360 g/mol. The van der Waals surface area contributed by atoms with Gasteiger partial charge < -0.3 is 5.11 Å². The standard InChI is InChI=1S/C13H14BrClN2OS/c1-2-17-13(11(15)7-16-17)12(18)8-19-10-5-3-4-9(14)6-10/h3-7,12,18H,2,8H2,1H3. The summed E-state index contributed by atoms with van der Waals surface area (Å²) >= 11 is 11.1. The lowest BCUT2D eigenvalue weighted by molar-refractivity contribution is 0.192. The third kappa shape index (κ3) is 3.75. The first-order chi connectivity index (χ1) is 9.11. The fourth-order valence-corrected chi connectivity index (χ4v) is 3.48. The molecule has 3 nitrogen and oxygen atoms in total. The predicted molar refractivity (Wildman–Crippen MR) is 82.7 cm³/mol. The van der Waals surface area contributed by atoms with Crippen molar-refractivity contribution in [1.29, 1.82) is 0 Å². The molecule has 19 heavy (non-hydrogen) atoms. The zero-order valence-electron chi connectivity index (χ0n) is 10.4. The van der Waals surface area contributed by atoms with Crippen molar-refractivity contribution in [2.75, 3.05) is 5.75 Å². The van der Waals surface area contributed by atoms with Gasteiger partial charge in [0.15, 0.2) is 0 Å². The Balaban J connectivity index is 2.05. The predicted octanol–water partition coefficient (Wildman–Crippen LogP) is 4.14. The molecule has 0 bridgehead atoms. The normalized spacial score (nSPS) is 12.6. The number of aliphatic hydroxyl groups excluding tert-OH is 1. The number of aromatic nitrogens is 2. The van der Waals surface area contributed by atoms with Crippen molar-refractivity contribution in [3.8, 4) is 0 Å². The fourth-order valence-electron chi connectivity index (χ4n) is 1.77. The van der Waals surface area contributed by atoms with E-state index in [9.17, 15) is 5.11 Å². The quantitative estimate of drug-likeness (QED) is 0.813.